The smallest absolute Gasteiger partial charge is 0.255 e. The van der Waals surface area contributed by atoms with Crippen molar-refractivity contribution in [1.29, 1.82) is 5.26 Å². The molecule has 0 saturated carbocycles. The number of nitrogens with zero attached hydrogens (tertiary/aromatic N) is 3. The zero-order valence-corrected chi connectivity index (χ0v) is 15.0. The number of anilines is 2. The van der Waals surface area contributed by atoms with E-state index in [2.05, 4.69) is 16.4 Å². The van der Waals surface area contributed by atoms with Gasteiger partial charge in [-0.25, -0.2) is 8.42 Å². The summed E-state index contributed by atoms with van der Waals surface area (Å²) in [7, 11) is -1.46. The van der Waals surface area contributed by atoms with E-state index in [-0.39, 0.29) is 23.5 Å². The molecule has 0 radical (unpaired) electrons. The van der Waals surface area contributed by atoms with Gasteiger partial charge in [0.2, 0.25) is 0 Å². The van der Waals surface area contributed by atoms with Crippen molar-refractivity contribution in [2.45, 2.75) is 12.5 Å². The molecule has 1 unspecified atom stereocenters. The highest BCUT2D eigenvalue weighted by Gasteiger charge is 2.33. The van der Waals surface area contributed by atoms with Gasteiger partial charge in [-0.15, -0.1) is 0 Å². The molecule has 8 heteroatoms. The zero-order valence-electron chi connectivity index (χ0n) is 14.2. The summed E-state index contributed by atoms with van der Waals surface area (Å²) in [5.74, 6) is -0.173. The van der Waals surface area contributed by atoms with Crippen LogP contribution in [-0.4, -0.2) is 48.8 Å². The van der Waals surface area contributed by atoms with Crippen LogP contribution in [0.5, 0.6) is 0 Å². The van der Waals surface area contributed by atoms with Crippen LogP contribution < -0.4 is 5.32 Å². The number of para-hydroxylation sites is 1. The second kappa shape index (κ2) is 7.14. The average Bonchev–Trinajstić information content (AvgIpc) is 3.01. The van der Waals surface area contributed by atoms with Crippen LogP contribution in [0.3, 0.4) is 0 Å². The summed E-state index contributed by atoms with van der Waals surface area (Å²) < 4.78 is 23.3. The van der Waals surface area contributed by atoms with Crippen LogP contribution in [0.25, 0.3) is 0 Å². The number of benzene rings is 1. The lowest BCUT2D eigenvalue weighted by molar-refractivity contribution is 0.0747. The third kappa shape index (κ3) is 3.83. The number of amides is 1. The van der Waals surface area contributed by atoms with Gasteiger partial charge in [0.1, 0.15) is 6.07 Å². The average molecular weight is 370 g/mol. The topological polar surface area (TPSA) is 103 Å². The van der Waals surface area contributed by atoms with Gasteiger partial charge in [0, 0.05) is 19.3 Å². The molecule has 26 heavy (non-hydrogen) atoms. The molecule has 0 bridgehead atoms. The minimum Gasteiger partial charge on any atom is -0.353 e. The Labute approximate surface area is 152 Å². The molecule has 134 valence electrons. The fourth-order valence-corrected chi connectivity index (χ4v) is 4.70. The van der Waals surface area contributed by atoms with E-state index in [0.29, 0.717) is 28.9 Å². The lowest BCUT2D eigenvalue weighted by Gasteiger charge is -2.23. The van der Waals surface area contributed by atoms with Gasteiger partial charge in [-0.05, 0) is 24.6 Å². The number of aromatic nitrogens is 1. The number of hydrogen-bond donors (Lipinski definition) is 1. The molecule has 1 aromatic heterocycles. The molecule has 1 aromatic carbocycles. The van der Waals surface area contributed by atoms with E-state index in [0.717, 1.165) is 0 Å². The van der Waals surface area contributed by atoms with E-state index < -0.39 is 9.84 Å². The maximum atomic E-state index is 12.7. The minimum atomic E-state index is -3.07. The molecule has 1 saturated heterocycles. The lowest BCUT2D eigenvalue weighted by atomic mass is 10.1. The first-order chi connectivity index (χ1) is 12.4. The Hall–Kier alpha value is -2.92. The van der Waals surface area contributed by atoms with E-state index in [1.54, 1.807) is 43.6 Å². The molecular weight excluding hydrogens is 352 g/mol. The first-order valence-electron chi connectivity index (χ1n) is 8.08. The number of hydrogen-bond acceptors (Lipinski definition) is 6. The Morgan fingerprint density at radius 3 is 2.81 bits per heavy atom. The molecular formula is C18H18N4O3S. The standard InChI is InChI=1S/C18H18N4O3S/c1-22(16-6-7-26(24,25)12-16)18(23)14-8-15(11-20-10-14)21-17-5-3-2-4-13(17)9-19/h2-5,8,10-11,16,21H,6-7,12H2,1H3. The summed E-state index contributed by atoms with van der Waals surface area (Å²) in [6.45, 7) is 0. The Morgan fingerprint density at radius 2 is 2.12 bits per heavy atom. The molecule has 1 atom stereocenters. The van der Waals surface area contributed by atoms with Crippen molar-refractivity contribution in [2.75, 3.05) is 23.9 Å². The van der Waals surface area contributed by atoms with Crippen molar-refractivity contribution < 1.29 is 13.2 Å². The van der Waals surface area contributed by atoms with Crippen molar-refractivity contribution in [1.82, 2.24) is 9.88 Å². The second-order valence-corrected chi connectivity index (χ2v) is 8.45. The van der Waals surface area contributed by atoms with E-state index >= 15 is 0 Å². The molecule has 1 aliphatic rings. The summed E-state index contributed by atoms with van der Waals surface area (Å²) in [6.07, 6.45) is 3.46. The molecule has 7 nitrogen and oxygen atoms in total. The van der Waals surface area contributed by atoms with E-state index in [9.17, 15) is 13.2 Å². The van der Waals surface area contributed by atoms with Crippen LogP contribution in [-0.2, 0) is 9.84 Å². The number of carbonyl (C=O) groups excluding carboxylic acids is 1. The SMILES string of the molecule is CN(C(=O)c1cncc(Nc2ccccc2C#N)c1)C1CCS(=O)(=O)C1. The fraction of sp³-hybridized carbons (Fsp3) is 0.278. The highest BCUT2D eigenvalue weighted by atomic mass is 32.2. The predicted octanol–water partition coefficient (Wildman–Crippen LogP) is 1.96. The molecule has 1 aliphatic heterocycles. The molecule has 2 aromatic rings. The van der Waals surface area contributed by atoms with Crippen molar-refractivity contribution in [3.63, 3.8) is 0 Å². The van der Waals surface area contributed by atoms with Gasteiger partial charge in [-0.2, -0.15) is 5.26 Å². The molecule has 0 spiro atoms. The number of nitriles is 1. The number of rotatable bonds is 4. The van der Waals surface area contributed by atoms with Crippen LogP contribution in [0, 0.1) is 11.3 Å². The van der Waals surface area contributed by atoms with Gasteiger partial charge in [0.25, 0.3) is 5.91 Å². The Kier molecular flexibility index (Phi) is 4.91. The fourth-order valence-electron chi connectivity index (χ4n) is 2.92. The largest absolute Gasteiger partial charge is 0.353 e. The van der Waals surface area contributed by atoms with Crippen LogP contribution >= 0.6 is 0 Å². The Morgan fingerprint density at radius 1 is 1.35 bits per heavy atom. The molecule has 0 aliphatic carbocycles. The quantitative estimate of drug-likeness (QED) is 0.882. The van der Waals surface area contributed by atoms with Crippen LogP contribution in [0.15, 0.2) is 42.7 Å². The maximum absolute atomic E-state index is 12.7. The highest BCUT2D eigenvalue weighted by Crippen LogP contribution is 2.22. The molecule has 1 fully saturated rings. The molecule has 1 N–H and O–H groups in total. The first-order valence-corrected chi connectivity index (χ1v) is 9.90. The summed E-state index contributed by atoms with van der Waals surface area (Å²) >= 11 is 0. The predicted molar refractivity (Wildman–Crippen MR) is 97.8 cm³/mol. The highest BCUT2D eigenvalue weighted by molar-refractivity contribution is 7.91. The van der Waals surface area contributed by atoms with Crippen LogP contribution in [0.2, 0.25) is 0 Å². The van der Waals surface area contributed by atoms with E-state index in [1.165, 1.54) is 11.1 Å². The Bertz CT molecular complexity index is 982. The third-order valence-corrected chi connectivity index (χ3v) is 6.14. The number of nitrogens with one attached hydrogen (secondary N) is 1. The van der Waals surface area contributed by atoms with Crippen molar-refractivity contribution in [2.24, 2.45) is 0 Å². The van der Waals surface area contributed by atoms with Gasteiger partial charge in [-0.1, -0.05) is 12.1 Å². The van der Waals surface area contributed by atoms with Gasteiger partial charge in [0.15, 0.2) is 9.84 Å². The number of sulfone groups is 1. The maximum Gasteiger partial charge on any atom is 0.255 e. The summed E-state index contributed by atoms with van der Waals surface area (Å²) in [5.41, 5.74) is 2.04. The Balaban J connectivity index is 1.79. The number of pyridine rings is 1. The van der Waals surface area contributed by atoms with Crippen molar-refractivity contribution in [3.05, 3.63) is 53.9 Å². The first kappa shape index (κ1) is 17.9. The lowest BCUT2D eigenvalue weighted by Crippen LogP contribution is -2.37. The van der Waals surface area contributed by atoms with Crippen molar-refractivity contribution in [3.8, 4) is 6.07 Å². The third-order valence-electron chi connectivity index (χ3n) is 4.39. The van der Waals surface area contributed by atoms with Crippen molar-refractivity contribution >= 4 is 27.1 Å². The molecule has 3 rings (SSSR count). The van der Waals surface area contributed by atoms with Gasteiger partial charge in [0.05, 0.1) is 40.2 Å². The monoisotopic (exact) mass is 370 g/mol. The normalized spacial score (nSPS) is 18.1. The second-order valence-electron chi connectivity index (χ2n) is 6.22. The zero-order chi connectivity index (χ0) is 18.7. The summed E-state index contributed by atoms with van der Waals surface area (Å²) in [5, 5.41) is 12.2. The molecule has 2 heterocycles. The van der Waals surface area contributed by atoms with Gasteiger partial charge in [-0.3, -0.25) is 9.78 Å². The summed E-state index contributed by atoms with van der Waals surface area (Å²) in [4.78, 5) is 18.2. The number of carbonyl (C=O) groups is 1. The minimum absolute atomic E-state index is 0.00382. The van der Waals surface area contributed by atoms with Gasteiger partial charge < -0.3 is 10.2 Å². The van der Waals surface area contributed by atoms with E-state index in [4.69, 9.17) is 5.26 Å². The van der Waals surface area contributed by atoms with Crippen LogP contribution in [0.4, 0.5) is 11.4 Å². The van der Waals surface area contributed by atoms with E-state index in [1.807, 2.05) is 0 Å². The van der Waals surface area contributed by atoms with Crippen LogP contribution in [0.1, 0.15) is 22.3 Å². The summed E-state index contributed by atoms with van der Waals surface area (Å²) in [6, 6.07) is 10.5. The molecule has 1 amide bonds. The van der Waals surface area contributed by atoms with Gasteiger partial charge >= 0.3 is 0 Å².